The third kappa shape index (κ3) is 4.95. The summed E-state index contributed by atoms with van der Waals surface area (Å²) in [6.45, 7) is 1.68. The van der Waals surface area contributed by atoms with Crippen LogP contribution in [0.3, 0.4) is 0 Å². The molecule has 0 saturated heterocycles. The maximum absolute atomic E-state index is 14.1. The minimum atomic E-state index is -1.93. The molecule has 3 N–H and O–H groups in total. The number of hydrogen-bond acceptors (Lipinski definition) is 5. The highest BCUT2D eigenvalue weighted by molar-refractivity contribution is 7.80. The summed E-state index contributed by atoms with van der Waals surface area (Å²) in [5.74, 6) is -10.7. The molecule has 3 aromatic rings. The summed E-state index contributed by atoms with van der Waals surface area (Å²) in [5.41, 5.74) is -0.0837. The first kappa shape index (κ1) is 23.7. The van der Waals surface area contributed by atoms with Crippen LogP contribution in [0.4, 0.5) is 28.9 Å². The first-order valence-corrected chi connectivity index (χ1v) is 9.52. The maximum atomic E-state index is 14.1. The molecule has 0 fully saturated rings. The van der Waals surface area contributed by atoms with E-state index in [4.69, 9.17) is 16.6 Å². The molecule has 0 aliphatic rings. The summed E-state index contributed by atoms with van der Waals surface area (Å²) in [6.07, 6.45) is 1.36. The molecule has 1 heterocycles. The monoisotopic (exact) mass is 481 g/mol. The zero-order valence-electron chi connectivity index (χ0n) is 17.0. The maximum Gasteiger partial charge on any atom is 0.291 e. The smallest absolute Gasteiger partial charge is 0.291 e. The number of carbonyl (C=O) groups excluding carboxylic acids is 2. The predicted octanol–water partition coefficient (Wildman–Crippen LogP) is 4.53. The number of benzene rings is 2. The fraction of sp³-hybridized carbons (Fsp3) is 0.0952. The van der Waals surface area contributed by atoms with Crippen LogP contribution in [-0.2, 0) is 0 Å². The van der Waals surface area contributed by atoms with Gasteiger partial charge in [-0.05, 0) is 55.0 Å². The van der Waals surface area contributed by atoms with Crippen molar-refractivity contribution in [2.45, 2.75) is 6.92 Å². The summed E-state index contributed by atoms with van der Waals surface area (Å²) in [6, 6.07) is 7.65. The number of rotatable bonds is 5. The zero-order chi connectivity index (χ0) is 24.3. The fourth-order valence-electron chi connectivity index (χ4n) is 2.79. The lowest BCUT2D eigenvalue weighted by Crippen LogP contribution is -2.35. The average molecular weight is 481 g/mol. The van der Waals surface area contributed by atoms with Crippen molar-refractivity contribution in [2.75, 3.05) is 17.7 Å². The van der Waals surface area contributed by atoms with Crippen LogP contribution in [0, 0.1) is 30.2 Å². The molecule has 0 radical (unpaired) electrons. The normalized spacial score (nSPS) is 10.5. The molecule has 0 bridgehead atoms. The number of ether oxygens (including phenoxy) is 1. The van der Waals surface area contributed by atoms with Crippen molar-refractivity contribution >= 4 is 40.5 Å². The minimum absolute atomic E-state index is 0.117. The zero-order valence-corrected chi connectivity index (χ0v) is 17.8. The Balaban J connectivity index is 1.71. The molecule has 7 nitrogen and oxygen atoms in total. The Bertz CT molecular complexity index is 1220. The number of nitrogens with one attached hydrogen (secondary N) is 3. The lowest BCUT2D eigenvalue weighted by atomic mass is 10.1. The van der Waals surface area contributed by atoms with E-state index in [1.54, 1.807) is 19.1 Å². The van der Waals surface area contributed by atoms with Crippen LogP contribution in [0.25, 0.3) is 0 Å². The molecule has 0 saturated carbocycles. The third-order valence-corrected chi connectivity index (χ3v) is 4.56. The van der Waals surface area contributed by atoms with E-state index < -0.39 is 51.5 Å². The molecule has 0 aliphatic heterocycles. The van der Waals surface area contributed by atoms with E-state index in [-0.39, 0.29) is 5.76 Å². The van der Waals surface area contributed by atoms with E-state index in [9.17, 15) is 27.2 Å². The van der Waals surface area contributed by atoms with Gasteiger partial charge >= 0.3 is 0 Å². The van der Waals surface area contributed by atoms with E-state index in [1.807, 2.05) is 5.32 Å². The van der Waals surface area contributed by atoms with Gasteiger partial charge in [-0.25, -0.2) is 8.78 Å². The highest BCUT2D eigenvalue weighted by atomic mass is 32.1. The number of aryl methyl sites for hydroxylation is 1. The second-order valence-electron chi connectivity index (χ2n) is 6.53. The third-order valence-electron chi connectivity index (χ3n) is 4.36. The van der Waals surface area contributed by atoms with E-state index in [1.165, 1.54) is 24.5 Å². The molecule has 12 heteroatoms. The van der Waals surface area contributed by atoms with Crippen LogP contribution in [0.15, 0.2) is 41.0 Å². The van der Waals surface area contributed by atoms with E-state index in [0.717, 1.165) is 7.11 Å². The van der Waals surface area contributed by atoms with Gasteiger partial charge in [0.25, 0.3) is 11.8 Å². The van der Waals surface area contributed by atoms with Gasteiger partial charge in [-0.15, -0.1) is 0 Å². The van der Waals surface area contributed by atoms with Gasteiger partial charge in [0.05, 0.1) is 13.4 Å². The van der Waals surface area contributed by atoms with Crippen LogP contribution in [0.1, 0.15) is 26.5 Å². The Morgan fingerprint density at radius 3 is 2.18 bits per heavy atom. The minimum Gasteiger partial charge on any atom is -0.491 e. The van der Waals surface area contributed by atoms with Crippen LogP contribution in [0.2, 0.25) is 0 Å². The number of anilines is 2. The van der Waals surface area contributed by atoms with Gasteiger partial charge in [-0.2, -0.15) is 8.78 Å². The van der Waals surface area contributed by atoms with Crippen molar-refractivity contribution in [1.82, 2.24) is 5.32 Å². The van der Waals surface area contributed by atoms with Gasteiger partial charge in [-0.3, -0.25) is 14.9 Å². The van der Waals surface area contributed by atoms with Crippen molar-refractivity contribution in [3.05, 3.63) is 76.8 Å². The van der Waals surface area contributed by atoms with Crippen LogP contribution in [0.5, 0.6) is 5.75 Å². The number of furan rings is 1. The molecule has 2 aromatic carbocycles. The molecule has 0 spiro atoms. The number of methoxy groups -OCH3 is 1. The van der Waals surface area contributed by atoms with Crippen molar-refractivity contribution in [1.29, 1.82) is 0 Å². The molecule has 2 amide bonds. The van der Waals surface area contributed by atoms with Gasteiger partial charge < -0.3 is 19.8 Å². The molecule has 3 rings (SSSR count). The number of hydrogen-bond donors (Lipinski definition) is 3. The molecular weight excluding hydrogens is 466 g/mol. The number of thiocarbonyl (C=S) groups is 1. The topological polar surface area (TPSA) is 92.6 Å². The number of carbonyl (C=O) groups is 2. The van der Waals surface area contributed by atoms with E-state index in [2.05, 4.69) is 15.4 Å². The Morgan fingerprint density at radius 1 is 0.970 bits per heavy atom. The lowest BCUT2D eigenvalue weighted by molar-refractivity contribution is 0.0964. The quantitative estimate of drug-likeness (QED) is 0.282. The standard InChI is InChI=1S/C21H15F4N3O4S/c1-9-8-10(5-6-11(9)27-19(29)12-4-3-7-32-12)26-21(33)28-20(30)13-14(22)16(24)18(31-2)17(25)15(13)23/h3-8H,1-2H3,(H,27,29)(H2,26,28,30,33). The number of amides is 2. The Labute approximate surface area is 189 Å². The van der Waals surface area contributed by atoms with Crippen molar-refractivity contribution in [3.63, 3.8) is 0 Å². The largest absolute Gasteiger partial charge is 0.491 e. The molecule has 0 aliphatic carbocycles. The van der Waals surface area contributed by atoms with Gasteiger partial charge in [-0.1, -0.05) is 0 Å². The summed E-state index contributed by atoms with van der Waals surface area (Å²) in [7, 11) is 0.814. The van der Waals surface area contributed by atoms with E-state index >= 15 is 0 Å². The van der Waals surface area contributed by atoms with Gasteiger partial charge in [0.1, 0.15) is 5.56 Å². The molecule has 172 valence electrons. The SMILES string of the molecule is COc1c(F)c(F)c(C(=O)NC(=S)Nc2ccc(NC(=O)c3ccco3)c(C)c2)c(F)c1F. The van der Waals surface area contributed by atoms with Crippen LogP contribution < -0.4 is 20.7 Å². The summed E-state index contributed by atoms with van der Waals surface area (Å²) in [4.78, 5) is 24.3. The average Bonchev–Trinajstić information content (AvgIpc) is 3.30. The van der Waals surface area contributed by atoms with Crippen molar-refractivity contribution < 1.29 is 36.3 Å². The highest BCUT2D eigenvalue weighted by Crippen LogP contribution is 2.29. The Hall–Kier alpha value is -3.93. The Kier molecular flexibility index (Phi) is 6.97. The summed E-state index contributed by atoms with van der Waals surface area (Å²) >= 11 is 4.93. The summed E-state index contributed by atoms with van der Waals surface area (Å²) < 4.78 is 65.1. The fourth-order valence-corrected chi connectivity index (χ4v) is 3.00. The summed E-state index contributed by atoms with van der Waals surface area (Å²) in [5, 5.41) is 6.79. The van der Waals surface area contributed by atoms with Crippen molar-refractivity contribution in [3.8, 4) is 5.75 Å². The first-order chi connectivity index (χ1) is 15.6. The van der Waals surface area contributed by atoms with Gasteiger partial charge in [0.15, 0.2) is 28.3 Å². The molecule has 1 aromatic heterocycles. The highest BCUT2D eigenvalue weighted by Gasteiger charge is 2.30. The van der Waals surface area contributed by atoms with Gasteiger partial charge in [0.2, 0.25) is 11.6 Å². The number of halogens is 4. The van der Waals surface area contributed by atoms with Crippen LogP contribution >= 0.6 is 12.2 Å². The Morgan fingerprint density at radius 2 is 1.64 bits per heavy atom. The predicted molar refractivity (Wildman–Crippen MR) is 114 cm³/mol. The molecular formula is C21H15F4N3O4S. The molecule has 0 atom stereocenters. The first-order valence-electron chi connectivity index (χ1n) is 9.11. The molecule has 0 unspecified atom stereocenters. The van der Waals surface area contributed by atoms with Gasteiger partial charge in [0, 0.05) is 11.4 Å². The van der Waals surface area contributed by atoms with Crippen molar-refractivity contribution in [2.24, 2.45) is 0 Å². The second kappa shape index (κ2) is 9.69. The molecule has 33 heavy (non-hydrogen) atoms. The van der Waals surface area contributed by atoms with Crippen LogP contribution in [-0.4, -0.2) is 24.0 Å². The lowest BCUT2D eigenvalue weighted by Gasteiger charge is -2.14. The van der Waals surface area contributed by atoms with E-state index in [0.29, 0.717) is 16.9 Å². The second-order valence-corrected chi connectivity index (χ2v) is 6.94.